The highest BCUT2D eigenvalue weighted by Crippen LogP contribution is 2.35. The summed E-state index contributed by atoms with van der Waals surface area (Å²) in [6.07, 6.45) is -4.53. The first kappa shape index (κ1) is 27.3. The summed E-state index contributed by atoms with van der Waals surface area (Å²) < 4.78 is 46.0. The lowest BCUT2D eigenvalue weighted by atomic mass is 10.1. The second-order valence-electron chi connectivity index (χ2n) is 7.37. The van der Waals surface area contributed by atoms with Gasteiger partial charge >= 0.3 is 6.18 Å². The minimum atomic E-state index is -4.53. The Hall–Kier alpha value is -1.72. The van der Waals surface area contributed by atoms with Crippen molar-refractivity contribution in [3.8, 4) is 5.75 Å². The lowest BCUT2D eigenvalue weighted by Gasteiger charge is -2.22. The molecule has 1 aromatic carbocycles. The first-order chi connectivity index (χ1) is 12.8. The monoisotopic (exact) mass is 530 g/mol. The normalized spacial score (nSPS) is 12.1. The van der Waals surface area contributed by atoms with Crippen molar-refractivity contribution < 1.29 is 22.7 Å². The number of hydrogen-bond donors (Lipinski definition) is 2. The summed E-state index contributed by atoms with van der Waals surface area (Å²) in [5, 5.41) is 5.72. The van der Waals surface area contributed by atoms with Crippen LogP contribution in [0.15, 0.2) is 23.2 Å². The van der Waals surface area contributed by atoms with Gasteiger partial charge in [0.15, 0.2) is 5.96 Å². The van der Waals surface area contributed by atoms with Gasteiger partial charge in [0.25, 0.3) is 0 Å². The Morgan fingerprint density at radius 3 is 2.28 bits per heavy atom. The second kappa shape index (κ2) is 11.5. The van der Waals surface area contributed by atoms with Gasteiger partial charge in [0.05, 0.1) is 18.7 Å². The van der Waals surface area contributed by atoms with Crippen LogP contribution in [-0.2, 0) is 17.5 Å². The fraction of sp³-hybridized carbons (Fsp3) is 0.579. The summed E-state index contributed by atoms with van der Waals surface area (Å²) >= 11 is 0. The standard InChI is InChI=1S/C19H29F3N4O2.HI/c1-7-23-17(25-12-16(27)26(5)6)24-11-13-8-9-14(28-18(2,3)4)10-15(13)19(20,21)22;/h8-10H,7,11-12H2,1-6H3,(H2,23,24,25);1H. The number of carbonyl (C=O) groups excluding carboxylic acids is 1. The molecule has 29 heavy (non-hydrogen) atoms. The summed E-state index contributed by atoms with van der Waals surface area (Å²) in [4.78, 5) is 17.3. The third kappa shape index (κ3) is 10.0. The molecule has 0 aliphatic rings. The molecule has 1 rings (SSSR count). The van der Waals surface area contributed by atoms with E-state index in [9.17, 15) is 18.0 Å². The first-order valence-electron chi connectivity index (χ1n) is 8.95. The van der Waals surface area contributed by atoms with Gasteiger partial charge in [-0.3, -0.25) is 4.79 Å². The van der Waals surface area contributed by atoms with Crippen molar-refractivity contribution >= 4 is 35.8 Å². The highest BCUT2D eigenvalue weighted by molar-refractivity contribution is 14.0. The Morgan fingerprint density at radius 1 is 1.17 bits per heavy atom. The molecule has 0 aliphatic heterocycles. The molecule has 0 bridgehead atoms. The molecular formula is C19H30F3IN4O2. The number of hydrogen-bond acceptors (Lipinski definition) is 3. The predicted molar refractivity (Wildman–Crippen MR) is 119 cm³/mol. The number of carbonyl (C=O) groups is 1. The molecule has 0 saturated heterocycles. The number of rotatable bonds is 6. The van der Waals surface area contributed by atoms with E-state index in [0.29, 0.717) is 6.54 Å². The van der Waals surface area contributed by atoms with Crippen molar-refractivity contribution in [2.75, 3.05) is 27.2 Å². The van der Waals surface area contributed by atoms with Gasteiger partial charge in [-0.25, -0.2) is 4.99 Å². The third-order valence-corrected chi connectivity index (χ3v) is 3.47. The number of halogens is 4. The van der Waals surface area contributed by atoms with Crippen LogP contribution in [0, 0.1) is 0 Å². The fourth-order valence-corrected chi connectivity index (χ4v) is 2.20. The molecule has 10 heteroatoms. The average Bonchev–Trinajstić information content (AvgIpc) is 2.55. The minimum Gasteiger partial charge on any atom is -0.488 e. The van der Waals surface area contributed by atoms with Crippen molar-refractivity contribution in [1.29, 1.82) is 0 Å². The third-order valence-electron chi connectivity index (χ3n) is 3.47. The molecule has 0 unspecified atom stereocenters. The van der Waals surface area contributed by atoms with E-state index in [1.54, 1.807) is 34.9 Å². The van der Waals surface area contributed by atoms with Crippen molar-refractivity contribution in [2.45, 2.75) is 46.0 Å². The smallest absolute Gasteiger partial charge is 0.416 e. The molecule has 2 N–H and O–H groups in total. The Kier molecular flexibility index (Phi) is 10.8. The van der Waals surface area contributed by atoms with Gasteiger partial charge in [-0.05, 0) is 45.4 Å². The van der Waals surface area contributed by atoms with Gasteiger partial charge in [0.2, 0.25) is 5.91 Å². The summed E-state index contributed by atoms with van der Waals surface area (Å²) in [6, 6.07) is 3.86. The van der Waals surface area contributed by atoms with E-state index in [-0.39, 0.29) is 60.2 Å². The summed E-state index contributed by atoms with van der Waals surface area (Å²) in [5.41, 5.74) is -1.38. The number of alkyl halides is 3. The number of ether oxygens (including phenoxy) is 1. The topological polar surface area (TPSA) is 66.0 Å². The zero-order valence-electron chi connectivity index (χ0n) is 17.6. The molecule has 0 heterocycles. The zero-order chi connectivity index (χ0) is 21.5. The van der Waals surface area contributed by atoms with Gasteiger partial charge in [0.1, 0.15) is 11.4 Å². The largest absolute Gasteiger partial charge is 0.488 e. The van der Waals surface area contributed by atoms with Gasteiger partial charge in [0, 0.05) is 20.6 Å². The number of nitrogens with one attached hydrogen (secondary N) is 2. The van der Waals surface area contributed by atoms with Crippen LogP contribution < -0.4 is 15.4 Å². The molecule has 0 spiro atoms. The van der Waals surface area contributed by atoms with Crippen LogP contribution in [0.1, 0.15) is 38.8 Å². The molecule has 0 saturated carbocycles. The van der Waals surface area contributed by atoms with Crippen LogP contribution in [0.5, 0.6) is 5.75 Å². The molecule has 6 nitrogen and oxygen atoms in total. The van der Waals surface area contributed by atoms with Gasteiger partial charge in [-0.2, -0.15) is 13.2 Å². The van der Waals surface area contributed by atoms with E-state index in [1.807, 2.05) is 6.92 Å². The summed E-state index contributed by atoms with van der Waals surface area (Å²) in [6.45, 7) is 7.42. The summed E-state index contributed by atoms with van der Waals surface area (Å²) in [5.74, 6) is 0.236. The molecule has 0 atom stereocenters. The van der Waals surface area contributed by atoms with Crippen LogP contribution in [0.4, 0.5) is 13.2 Å². The fourth-order valence-electron chi connectivity index (χ4n) is 2.20. The van der Waals surface area contributed by atoms with E-state index in [1.165, 1.54) is 17.0 Å². The van der Waals surface area contributed by atoms with Crippen molar-refractivity contribution in [3.63, 3.8) is 0 Å². The maximum Gasteiger partial charge on any atom is 0.416 e. The number of aliphatic imine (C=N–C) groups is 1. The van der Waals surface area contributed by atoms with Gasteiger partial charge in [-0.1, -0.05) is 6.07 Å². The van der Waals surface area contributed by atoms with E-state index in [2.05, 4.69) is 15.6 Å². The highest BCUT2D eigenvalue weighted by atomic mass is 127. The van der Waals surface area contributed by atoms with Gasteiger partial charge in [-0.15, -0.1) is 24.0 Å². The molecule has 1 aromatic rings. The Bertz CT molecular complexity index is 702. The van der Waals surface area contributed by atoms with Crippen molar-refractivity contribution in [3.05, 3.63) is 29.3 Å². The predicted octanol–water partition coefficient (Wildman–Crippen LogP) is 3.64. The lowest BCUT2D eigenvalue weighted by molar-refractivity contribution is -0.138. The van der Waals surface area contributed by atoms with E-state index in [4.69, 9.17) is 4.74 Å². The molecule has 166 valence electrons. The van der Waals surface area contributed by atoms with Crippen molar-refractivity contribution in [1.82, 2.24) is 15.5 Å². The van der Waals surface area contributed by atoms with Crippen LogP contribution in [0.2, 0.25) is 0 Å². The number of nitrogens with zero attached hydrogens (tertiary/aromatic N) is 2. The zero-order valence-corrected chi connectivity index (χ0v) is 19.9. The Morgan fingerprint density at radius 2 is 1.79 bits per heavy atom. The molecule has 0 aromatic heterocycles. The molecule has 0 aliphatic carbocycles. The molecular weight excluding hydrogens is 500 g/mol. The molecule has 0 radical (unpaired) electrons. The second-order valence-corrected chi connectivity index (χ2v) is 7.37. The van der Waals surface area contributed by atoms with Crippen molar-refractivity contribution in [2.24, 2.45) is 4.99 Å². The van der Waals surface area contributed by atoms with Crippen LogP contribution in [0.25, 0.3) is 0 Å². The van der Waals surface area contributed by atoms with Crippen LogP contribution in [0.3, 0.4) is 0 Å². The van der Waals surface area contributed by atoms with E-state index >= 15 is 0 Å². The van der Waals surface area contributed by atoms with E-state index in [0.717, 1.165) is 6.07 Å². The maximum atomic E-state index is 13.5. The van der Waals surface area contributed by atoms with E-state index < -0.39 is 17.3 Å². The highest BCUT2D eigenvalue weighted by Gasteiger charge is 2.34. The average molecular weight is 530 g/mol. The first-order valence-corrected chi connectivity index (χ1v) is 8.95. The maximum absolute atomic E-state index is 13.5. The van der Waals surface area contributed by atoms with Crippen LogP contribution in [-0.4, -0.2) is 49.6 Å². The summed E-state index contributed by atoms with van der Waals surface area (Å²) in [7, 11) is 3.23. The van der Waals surface area contributed by atoms with Crippen LogP contribution >= 0.6 is 24.0 Å². The number of benzene rings is 1. The lowest BCUT2D eigenvalue weighted by Crippen LogP contribution is -2.42. The number of amides is 1. The molecule has 0 fully saturated rings. The Labute approximate surface area is 187 Å². The SMILES string of the molecule is CCNC(=NCc1ccc(OC(C)(C)C)cc1C(F)(F)F)NCC(=O)N(C)C.I. The quantitative estimate of drug-likeness (QED) is 0.335. The number of likely N-dealkylation sites (N-methyl/N-ethyl adjacent to an activating group) is 1. The Balaban J connectivity index is 0.00000784. The number of guanidine groups is 1. The minimum absolute atomic E-state index is 0. The molecule has 1 amide bonds. The van der Waals surface area contributed by atoms with Gasteiger partial charge < -0.3 is 20.3 Å².